The van der Waals surface area contributed by atoms with Gasteiger partial charge in [-0.2, -0.15) is 13.2 Å². The maximum Gasteiger partial charge on any atom is 0.405 e. The van der Waals surface area contributed by atoms with Gasteiger partial charge in [0.2, 0.25) is 0 Å². The van der Waals surface area contributed by atoms with E-state index in [2.05, 4.69) is 4.98 Å². The van der Waals surface area contributed by atoms with E-state index < -0.39 is 31.2 Å². The van der Waals surface area contributed by atoms with Gasteiger partial charge in [0.1, 0.15) is 22.1 Å². The summed E-state index contributed by atoms with van der Waals surface area (Å²) in [5.74, 6) is -1.28. The van der Waals surface area contributed by atoms with Crippen molar-refractivity contribution >= 4 is 33.4 Å². The highest BCUT2D eigenvalue weighted by atomic mass is 32.1. The lowest BCUT2D eigenvalue weighted by Gasteiger charge is -2.08. The van der Waals surface area contributed by atoms with Crippen molar-refractivity contribution in [1.29, 1.82) is 0 Å². The van der Waals surface area contributed by atoms with Crippen LogP contribution in [0, 0.1) is 6.92 Å². The number of rotatable bonds is 4. The normalized spacial score (nSPS) is 13.7. The molecule has 140 valence electrons. The number of nitrogens with zero attached hydrogens (tertiary/aromatic N) is 2. The van der Waals surface area contributed by atoms with Gasteiger partial charge in [0, 0.05) is 13.0 Å². The van der Waals surface area contributed by atoms with Crippen LogP contribution in [0.4, 0.5) is 13.2 Å². The van der Waals surface area contributed by atoms with Crippen molar-refractivity contribution in [3.8, 4) is 0 Å². The standard InChI is InChI=1S/C15H14F3N3O4S/c1-7-10-12(20-8-3-2-4-21(8)13(10)23)26-11(7)14(24)25-5-9(22)19-6-15(16,17)18/h2-6H2,1H3,(H,19,22). The Hall–Kier alpha value is -2.43. The summed E-state index contributed by atoms with van der Waals surface area (Å²) in [6, 6.07) is 0. The number of nitrogens with one attached hydrogen (secondary N) is 1. The van der Waals surface area contributed by atoms with Crippen LogP contribution in [0.1, 0.15) is 27.5 Å². The predicted octanol–water partition coefficient (Wildman–Crippen LogP) is 1.55. The minimum atomic E-state index is -4.55. The molecule has 0 spiro atoms. The Balaban J connectivity index is 1.75. The van der Waals surface area contributed by atoms with Gasteiger partial charge in [-0.15, -0.1) is 11.3 Å². The van der Waals surface area contributed by atoms with Crippen molar-refractivity contribution in [3.63, 3.8) is 0 Å². The summed E-state index contributed by atoms with van der Waals surface area (Å²) >= 11 is 0.971. The minimum Gasteiger partial charge on any atom is -0.451 e. The van der Waals surface area contributed by atoms with Crippen molar-refractivity contribution in [2.24, 2.45) is 0 Å². The number of hydrogen-bond donors (Lipinski definition) is 1. The first-order chi connectivity index (χ1) is 12.2. The molecular weight excluding hydrogens is 375 g/mol. The molecule has 1 N–H and O–H groups in total. The van der Waals surface area contributed by atoms with Gasteiger partial charge in [0.25, 0.3) is 11.5 Å². The maximum atomic E-state index is 12.5. The van der Waals surface area contributed by atoms with E-state index in [0.717, 1.165) is 17.8 Å². The lowest BCUT2D eigenvalue weighted by atomic mass is 10.2. The molecule has 2 aromatic rings. The Morgan fingerprint density at radius 1 is 1.38 bits per heavy atom. The summed E-state index contributed by atoms with van der Waals surface area (Å²) < 4.78 is 42.4. The second kappa shape index (κ2) is 6.71. The number of carbonyl (C=O) groups excluding carboxylic acids is 2. The number of halogens is 3. The van der Waals surface area contributed by atoms with Crippen molar-refractivity contribution < 1.29 is 27.5 Å². The summed E-state index contributed by atoms with van der Waals surface area (Å²) in [7, 11) is 0. The molecule has 0 radical (unpaired) electrons. The highest BCUT2D eigenvalue weighted by Crippen LogP contribution is 2.29. The van der Waals surface area contributed by atoms with E-state index >= 15 is 0 Å². The fourth-order valence-corrected chi connectivity index (χ4v) is 3.80. The summed E-state index contributed by atoms with van der Waals surface area (Å²) in [6.45, 7) is -0.196. The zero-order valence-corrected chi connectivity index (χ0v) is 14.4. The second-order valence-corrected chi connectivity index (χ2v) is 6.79. The van der Waals surface area contributed by atoms with Crippen LogP contribution in [0.2, 0.25) is 0 Å². The van der Waals surface area contributed by atoms with Crippen LogP contribution >= 0.6 is 11.3 Å². The van der Waals surface area contributed by atoms with Gasteiger partial charge in [-0.3, -0.25) is 14.2 Å². The summed E-state index contributed by atoms with van der Waals surface area (Å²) in [4.78, 5) is 40.9. The van der Waals surface area contributed by atoms with E-state index in [1.165, 1.54) is 0 Å². The van der Waals surface area contributed by atoms with Crippen molar-refractivity contribution in [1.82, 2.24) is 14.9 Å². The monoisotopic (exact) mass is 389 g/mol. The molecule has 0 aliphatic carbocycles. The number of alkyl halides is 3. The summed E-state index contributed by atoms with van der Waals surface area (Å²) in [6.07, 6.45) is -3.03. The number of thiophene rings is 1. The number of ether oxygens (including phenoxy) is 1. The number of aryl methyl sites for hydroxylation is 2. The lowest BCUT2D eigenvalue weighted by molar-refractivity contribution is -0.140. The Bertz CT molecular complexity index is 948. The molecule has 0 atom stereocenters. The van der Waals surface area contributed by atoms with E-state index in [1.54, 1.807) is 16.8 Å². The Kier molecular flexibility index (Phi) is 4.74. The third-order valence-electron chi connectivity index (χ3n) is 3.92. The predicted molar refractivity (Wildman–Crippen MR) is 86.3 cm³/mol. The molecule has 0 unspecified atom stereocenters. The van der Waals surface area contributed by atoms with Crippen LogP contribution < -0.4 is 10.9 Å². The minimum absolute atomic E-state index is 0.109. The van der Waals surface area contributed by atoms with Crippen LogP contribution in [0.5, 0.6) is 0 Å². The zero-order valence-electron chi connectivity index (χ0n) is 13.6. The Morgan fingerprint density at radius 2 is 2.12 bits per heavy atom. The molecule has 1 aliphatic rings. The van der Waals surface area contributed by atoms with E-state index in [-0.39, 0.29) is 10.4 Å². The molecule has 0 aromatic carbocycles. The van der Waals surface area contributed by atoms with Crippen LogP contribution in [-0.4, -0.2) is 40.8 Å². The van der Waals surface area contributed by atoms with Gasteiger partial charge in [-0.1, -0.05) is 0 Å². The molecule has 1 amide bonds. The second-order valence-electron chi connectivity index (χ2n) is 5.79. The van der Waals surface area contributed by atoms with E-state index in [0.29, 0.717) is 34.6 Å². The fraction of sp³-hybridized carbons (Fsp3) is 0.467. The van der Waals surface area contributed by atoms with Crippen molar-refractivity contribution in [2.45, 2.75) is 32.5 Å². The molecule has 0 bridgehead atoms. The molecule has 1 aliphatic heterocycles. The average molecular weight is 389 g/mol. The molecule has 0 fully saturated rings. The third kappa shape index (κ3) is 3.57. The average Bonchev–Trinajstić information content (AvgIpc) is 3.15. The smallest absolute Gasteiger partial charge is 0.405 e. The highest BCUT2D eigenvalue weighted by molar-refractivity contribution is 7.20. The van der Waals surface area contributed by atoms with Gasteiger partial charge < -0.3 is 10.1 Å². The molecular formula is C15H14F3N3O4S. The largest absolute Gasteiger partial charge is 0.451 e. The Morgan fingerprint density at radius 3 is 2.81 bits per heavy atom. The number of carbonyl (C=O) groups is 2. The van der Waals surface area contributed by atoms with E-state index in [4.69, 9.17) is 4.74 Å². The number of aromatic nitrogens is 2. The Labute approximate surface area is 148 Å². The van der Waals surface area contributed by atoms with Gasteiger partial charge >= 0.3 is 12.1 Å². The van der Waals surface area contributed by atoms with Crippen LogP contribution in [0.15, 0.2) is 4.79 Å². The summed E-state index contributed by atoms with van der Waals surface area (Å²) in [5, 5.41) is 1.93. The van der Waals surface area contributed by atoms with E-state index in [9.17, 15) is 27.6 Å². The molecule has 0 saturated carbocycles. The summed E-state index contributed by atoms with van der Waals surface area (Å²) in [5.41, 5.74) is 0.170. The van der Waals surface area contributed by atoms with Gasteiger partial charge in [0.05, 0.1) is 5.39 Å². The highest BCUT2D eigenvalue weighted by Gasteiger charge is 2.28. The number of amides is 1. The van der Waals surface area contributed by atoms with Gasteiger partial charge in [0.15, 0.2) is 6.61 Å². The van der Waals surface area contributed by atoms with Crippen LogP contribution in [0.3, 0.4) is 0 Å². The lowest BCUT2D eigenvalue weighted by Crippen LogP contribution is -2.36. The molecule has 2 aromatic heterocycles. The van der Waals surface area contributed by atoms with E-state index in [1.807, 2.05) is 0 Å². The molecule has 26 heavy (non-hydrogen) atoms. The molecule has 7 nitrogen and oxygen atoms in total. The molecule has 3 rings (SSSR count). The van der Waals surface area contributed by atoms with Crippen LogP contribution in [-0.2, 0) is 22.5 Å². The van der Waals surface area contributed by atoms with Gasteiger partial charge in [-0.05, 0) is 18.9 Å². The maximum absolute atomic E-state index is 12.5. The van der Waals surface area contributed by atoms with Crippen LogP contribution in [0.25, 0.3) is 10.2 Å². The topological polar surface area (TPSA) is 90.3 Å². The fourth-order valence-electron chi connectivity index (χ4n) is 2.72. The molecule has 11 heteroatoms. The first-order valence-electron chi connectivity index (χ1n) is 7.71. The van der Waals surface area contributed by atoms with Crippen molar-refractivity contribution in [2.75, 3.05) is 13.2 Å². The SMILES string of the molecule is Cc1c(C(=O)OCC(=O)NCC(F)(F)F)sc2nc3n(c(=O)c12)CCC3. The molecule has 3 heterocycles. The number of esters is 1. The quantitative estimate of drug-likeness (QED) is 0.802. The first kappa shape index (κ1) is 18.4. The number of fused-ring (bicyclic) bond motifs is 2. The third-order valence-corrected chi connectivity index (χ3v) is 5.08. The van der Waals surface area contributed by atoms with Crippen molar-refractivity contribution in [3.05, 3.63) is 26.6 Å². The number of hydrogen-bond acceptors (Lipinski definition) is 6. The van der Waals surface area contributed by atoms with Gasteiger partial charge in [-0.25, -0.2) is 9.78 Å². The molecule has 0 saturated heterocycles. The first-order valence-corrected chi connectivity index (χ1v) is 8.52. The zero-order chi connectivity index (χ0) is 19.1.